The number of rotatable bonds is 7. The molecule has 2 aromatic carbocycles. The van der Waals surface area contributed by atoms with Crippen molar-refractivity contribution in [3.05, 3.63) is 65.7 Å². The van der Waals surface area contributed by atoms with E-state index in [1.807, 2.05) is 36.4 Å². The first-order valence-corrected chi connectivity index (χ1v) is 9.29. The Bertz CT molecular complexity index is 771. The molecule has 0 aliphatic rings. The Morgan fingerprint density at radius 1 is 1.07 bits per heavy atom. The Balaban J connectivity index is 1.75. The molecular formula is C21H25N3O2S. The largest absolute Gasteiger partial charge is 0.497 e. The zero-order valence-electron chi connectivity index (χ0n) is 15.6. The molecule has 27 heavy (non-hydrogen) atoms. The Hall–Kier alpha value is -2.86. The second kappa shape index (κ2) is 11.0. The maximum Gasteiger partial charge on any atom is 0.262 e. The summed E-state index contributed by atoms with van der Waals surface area (Å²) in [5, 5.41) is 3.36. The topological polar surface area (TPSA) is 62.4 Å². The maximum atomic E-state index is 11.9. The fourth-order valence-corrected chi connectivity index (χ4v) is 2.51. The highest BCUT2D eigenvalue weighted by atomic mass is 32.1. The van der Waals surface area contributed by atoms with Gasteiger partial charge in [-0.25, -0.2) is 0 Å². The summed E-state index contributed by atoms with van der Waals surface area (Å²) in [6.07, 6.45) is 6.58. The summed E-state index contributed by atoms with van der Waals surface area (Å²) in [4.78, 5) is 11.9. The van der Waals surface area contributed by atoms with Gasteiger partial charge in [0.15, 0.2) is 5.11 Å². The number of aryl methyl sites for hydroxylation is 1. The van der Waals surface area contributed by atoms with Crippen LogP contribution in [0.1, 0.15) is 30.9 Å². The lowest BCUT2D eigenvalue weighted by Gasteiger charge is -2.11. The summed E-state index contributed by atoms with van der Waals surface area (Å²) >= 11 is 5.19. The van der Waals surface area contributed by atoms with E-state index in [2.05, 4.69) is 35.2 Å². The first kappa shape index (κ1) is 20.5. The summed E-state index contributed by atoms with van der Waals surface area (Å²) in [7, 11) is 1.61. The molecular weight excluding hydrogens is 358 g/mol. The lowest BCUT2D eigenvalue weighted by molar-refractivity contribution is -0.116. The summed E-state index contributed by atoms with van der Waals surface area (Å²) in [5.74, 6) is 0.470. The van der Waals surface area contributed by atoms with E-state index in [1.54, 1.807) is 13.2 Å². The van der Waals surface area contributed by atoms with Gasteiger partial charge < -0.3 is 10.1 Å². The second-order valence-corrected chi connectivity index (χ2v) is 6.38. The number of hydrogen-bond acceptors (Lipinski definition) is 3. The normalized spacial score (nSPS) is 10.4. The number of anilines is 1. The van der Waals surface area contributed by atoms with Gasteiger partial charge in [-0.1, -0.05) is 37.6 Å². The Morgan fingerprint density at radius 3 is 2.41 bits per heavy atom. The average Bonchev–Trinajstić information content (AvgIpc) is 2.70. The number of methoxy groups -OCH3 is 1. The summed E-state index contributed by atoms with van der Waals surface area (Å²) < 4.78 is 5.10. The fraction of sp³-hybridized carbons (Fsp3) is 0.238. The lowest BCUT2D eigenvalue weighted by atomic mass is 10.1. The van der Waals surface area contributed by atoms with E-state index in [1.165, 1.54) is 24.5 Å². The Kier molecular flexibility index (Phi) is 8.32. The van der Waals surface area contributed by atoms with Crippen LogP contribution in [-0.2, 0) is 11.2 Å². The number of hydrazine groups is 1. The molecule has 2 aromatic rings. The molecule has 0 saturated carbocycles. The first-order chi connectivity index (χ1) is 13.1. The molecule has 0 spiro atoms. The quantitative estimate of drug-likeness (QED) is 0.382. The lowest BCUT2D eigenvalue weighted by Crippen LogP contribution is -2.43. The van der Waals surface area contributed by atoms with E-state index in [9.17, 15) is 4.79 Å². The molecule has 3 N–H and O–H groups in total. The van der Waals surface area contributed by atoms with Crippen molar-refractivity contribution in [3.8, 4) is 5.75 Å². The standard InChI is InChI=1S/C21H25N3O2S/c1-3-4-5-16-6-11-18(12-7-16)22-21(27)24-23-20(25)15-10-17-8-13-19(26-2)14-9-17/h6-15H,3-5H2,1-2H3,(H,23,25)(H2,22,24,27)/b15-10+. The van der Waals surface area contributed by atoms with E-state index in [4.69, 9.17) is 17.0 Å². The summed E-state index contributed by atoms with van der Waals surface area (Å²) in [6.45, 7) is 2.18. The molecule has 0 unspecified atom stereocenters. The van der Waals surface area contributed by atoms with Crippen molar-refractivity contribution in [3.63, 3.8) is 0 Å². The van der Waals surface area contributed by atoms with Gasteiger partial charge in [0.1, 0.15) is 5.75 Å². The van der Waals surface area contributed by atoms with E-state index >= 15 is 0 Å². The van der Waals surface area contributed by atoms with Crippen molar-refractivity contribution in [1.29, 1.82) is 0 Å². The van der Waals surface area contributed by atoms with Crippen molar-refractivity contribution in [2.75, 3.05) is 12.4 Å². The van der Waals surface area contributed by atoms with Crippen LogP contribution in [0.2, 0.25) is 0 Å². The van der Waals surface area contributed by atoms with E-state index in [0.29, 0.717) is 5.11 Å². The number of amides is 1. The minimum absolute atomic E-state index is 0.301. The summed E-state index contributed by atoms with van der Waals surface area (Å²) in [5.41, 5.74) is 8.29. The molecule has 142 valence electrons. The van der Waals surface area contributed by atoms with Crippen LogP contribution in [0.3, 0.4) is 0 Å². The number of ether oxygens (including phenoxy) is 1. The second-order valence-electron chi connectivity index (χ2n) is 5.98. The van der Waals surface area contributed by atoms with Gasteiger partial charge in [-0.05, 0) is 66.5 Å². The molecule has 6 heteroatoms. The predicted molar refractivity (Wildman–Crippen MR) is 115 cm³/mol. The van der Waals surface area contributed by atoms with Crippen molar-refractivity contribution in [1.82, 2.24) is 10.9 Å². The van der Waals surface area contributed by atoms with Gasteiger partial charge in [-0.15, -0.1) is 0 Å². The van der Waals surface area contributed by atoms with E-state index in [-0.39, 0.29) is 5.91 Å². The van der Waals surface area contributed by atoms with E-state index < -0.39 is 0 Å². The predicted octanol–water partition coefficient (Wildman–Crippen LogP) is 4.07. The highest BCUT2D eigenvalue weighted by Gasteiger charge is 2.00. The molecule has 0 atom stereocenters. The van der Waals surface area contributed by atoms with Crippen molar-refractivity contribution in [2.24, 2.45) is 0 Å². The molecule has 2 rings (SSSR count). The van der Waals surface area contributed by atoms with Gasteiger partial charge in [0, 0.05) is 11.8 Å². The van der Waals surface area contributed by atoms with Crippen LogP contribution in [0.5, 0.6) is 5.75 Å². The Labute approximate surface area is 165 Å². The molecule has 0 saturated heterocycles. The molecule has 5 nitrogen and oxygen atoms in total. The van der Waals surface area contributed by atoms with Crippen LogP contribution >= 0.6 is 12.2 Å². The number of carbonyl (C=O) groups excluding carboxylic acids is 1. The van der Waals surface area contributed by atoms with Crippen LogP contribution in [-0.4, -0.2) is 18.1 Å². The monoisotopic (exact) mass is 383 g/mol. The minimum atomic E-state index is -0.301. The fourth-order valence-electron chi connectivity index (χ4n) is 2.34. The molecule has 0 aliphatic carbocycles. The number of thiocarbonyl (C=S) groups is 1. The third-order valence-corrected chi connectivity index (χ3v) is 4.08. The van der Waals surface area contributed by atoms with Crippen LogP contribution in [0, 0.1) is 0 Å². The van der Waals surface area contributed by atoms with Gasteiger partial charge in [-0.3, -0.25) is 15.6 Å². The van der Waals surface area contributed by atoms with Gasteiger partial charge in [-0.2, -0.15) is 0 Å². The highest BCUT2D eigenvalue weighted by molar-refractivity contribution is 7.80. The number of benzene rings is 2. The smallest absolute Gasteiger partial charge is 0.262 e. The average molecular weight is 384 g/mol. The maximum absolute atomic E-state index is 11.9. The highest BCUT2D eigenvalue weighted by Crippen LogP contribution is 2.12. The van der Waals surface area contributed by atoms with Crippen LogP contribution in [0.25, 0.3) is 6.08 Å². The van der Waals surface area contributed by atoms with Crippen LogP contribution in [0.15, 0.2) is 54.6 Å². The van der Waals surface area contributed by atoms with Gasteiger partial charge >= 0.3 is 0 Å². The molecule has 0 aromatic heterocycles. The van der Waals surface area contributed by atoms with Gasteiger partial charge in [0.25, 0.3) is 5.91 Å². The number of unbranched alkanes of at least 4 members (excludes halogenated alkanes) is 1. The van der Waals surface area contributed by atoms with Gasteiger partial charge in [0.05, 0.1) is 7.11 Å². The number of carbonyl (C=O) groups is 1. The zero-order chi connectivity index (χ0) is 19.5. The SMILES string of the molecule is CCCCc1ccc(NC(=S)NNC(=O)/C=C/c2ccc(OC)cc2)cc1. The molecule has 0 bridgehead atoms. The first-order valence-electron chi connectivity index (χ1n) is 8.88. The van der Waals surface area contributed by atoms with Crippen molar-refractivity contribution in [2.45, 2.75) is 26.2 Å². The number of nitrogens with one attached hydrogen (secondary N) is 3. The van der Waals surface area contributed by atoms with Gasteiger partial charge in [0.2, 0.25) is 0 Å². The third kappa shape index (κ3) is 7.50. The number of hydrogen-bond donors (Lipinski definition) is 3. The summed E-state index contributed by atoms with van der Waals surface area (Å²) in [6, 6.07) is 15.5. The molecule has 0 fully saturated rings. The molecule has 1 amide bonds. The van der Waals surface area contributed by atoms with E-state index in [0.717, 1.165) is 23.4 Å². The van der Waals surface area contributed by atoms with Crippen molar-refractivity contribution >= 4 is 35.0 Å². The zero-order valence-corrected chi connectivity index (χ0v) is 16.4. The van der Waals surface area contributed by atoms with Crippen molar-refractivity contribution < 1.29 is 9.53 Å². The molecule has 0 aliphatic heterocycles. The Morgan fingerprint density at radius 2 is 1.78 bits per heavy atom. The molecule has 0 heterocycles. The van der Waals surface area contributed by atoms with Crippen LogP contribution in [0.4, 0.5) is 5.69 Å². The molecule has 0 radical (unpaired) electrons. The minimum Gasteiger partial charge on any atom is -0.497 e. The third-order valence-electron chi connectivity index (χ3n) is 3.87. The van der Waals surface area contributed by atoms with Crippen LogP contribution < -0.4 is 20.9 Å².